The molecule has 1 unspecified atom stereocenters. The summed E-state index contributed by atoms with van der Waals surface area (Å²) in [7, 11) is -8.40. The van der Waals surface area contributed by atoms with Gasteiger partial charge in [-0.15, -0.1) is 0 Å². The van der Waals surface area contributed by atoms with Gasteiger partial charge in [-0.05, 0) is 60.5 Å². The Morgan fingerprint density at radius 2 is 1.33 bits per heavy atom. The summed E-state index contributed by atoms with van der Waals surface area (Å²) in [4.78, 5) is 4.06. The Bertz CT molecular complexity index is 1530. The molecule has 11 heteroatoms. The number of aryl methyl sites for hydroxylation is 1. The molecule has 5 N–H and O–H groups in total. The summed E-state index contributed by atoms with van der Waals surface area (Å²) < 4.78 is 56.4. The van der Waals surface area contributed by atoms with Crippen LogP contribution in [-0.4, -0.2) is 20.2 Å². The number of nitrogens with one attached hydrogen (secondary N) is 1. The molecule has 202 valence electrons. The van der Waals surface area contributed by atoms with E-state index in [0.29, 0.717) is 16.8 Å². The standard InChI is InChI=1S/C28H29N4O5PS/c1-21-10-8-9-15-26(21)39(34,35)32-27(20-22-16-18-23(19-17-22)31-28(29)30)38(33,36-24-11-4-2-5-12-24)37-25-13-6-3-7-14-25/h2-19,27,32H,20H2,1H3,(H4,29,30,31). The topological polar surface area (TPSA) is 146 Å². The maximum atomic E-state index is 14.6. The molecule has 0 aliphatic rings. The molecule has 9 nitrogen and oxygen atoms in total. The molecule has 1 atom stereocenters. The van der Waals surface area contributed by atoms with Crippen molar-refractivity contribution < 1.29 is 22.0 Å². The fourth-order valence-electron chi connectivity index (χ4n) is 3.80. The number of nitrogens with two attached hydrogens (primary N) is 2. The summed E-state index contributed by atoms with van der Waals surface area (Å²) in [6.45, 7) is 1.69. The smallest absolute Gasteiger partial charge is 0.415 e. The van der Waals surface area contributed by atoms with Crippen molar-refractivity contribution in [3.63, 3.8) is 0 Å². The van der Waals surface area contributed by atoms with Crippen LogP contribution in [0.2, 0.25) is 0 Å². The highest BCUT2D eigenvalue weighted by Crippen LogP contribution is 2.53. The first-order chi connectivity index (χ1) is 18.6. The van der Waals surface area contributed by atoms with Gasteiger partial charge in [0.15, 0.2) is 11.7 Å². The molecule has 0 saturated carbocycles. The van der Waals surface area contributed by atoms with E-state index in [1.165, 1.54) is 6.07 Å². The quantitative estimate of drug-likeness (QED) is 0.131. The fraction of sp³-hybridized carbons (Fsp3) is 0.107. The largest absolute Gasteiger partial charge is 0.448 e. The summed E-state index contributed by atoms with van der Waals surface area (Å²) in [5.41, 5.74) is 12.6. The zero-order chi connectivity index (χ0) is 27.9. The van der Waals surface area contributed by atoms with E-state index >= 15 is 0 Å². The predicted molar refractivity (Wildman–Crippen MR) is 153 cm³/mol. The van der Waals surface area contributed by atoms with E-state index in [9.17, 15) is 13.0 Å². The van der Waals surface area contributed by atoms with Gasteiger partial charge >= 0.3 is 7.60 Å². The van der Waals surface area contributed by atoms with Crippen molar-refractivity contribution in [3.8, 4) is 11.5 Å². The van der Waals surface area contributed by atoms with E-state index in [1.54, 1.807) is 110 Å². The summed E-state index contributed by atoms with van der Waals surface area (Å²) in [5, 5.41) is 0. The number of hydrogen-bond acceptors (Lipinski definition) is 6. The Labute approximate surface area is 228 Å². The number of nitrogens with zero attached hydrogens (tertiary/aromatic N) is 1. The normalized spacial score (nSPS) is 12.3. The minimum Gasteiger partial charge on any atom is -0.415 e. The third kappa shape index (κ3) is 7.48. The van der Waals surface area contributed by atoms with E-state index in [0.717, 1.165) is 0 Å². The van der Waals surface area contributed by atoms with Crippen molar-refractivity contribution >= 4 is 29.3 Å². The zero-order valence-electron chi connectivity index (χ0n) is 21.2. The third-order valence-corrected chi connectivity index (χ3v) is 9.44. The van der Waals surface area contributed by atoms with Gasteiger partial charge in [-0.1, -0.05) is 66.7 Å². The van der Waals surface area contributed by atoms with Crippen LogP contribution in [-0.2, 0) is 21.0 Å². The molecule has 0 saturated heterocycles. The molecule has 0 aromatic heterocycles. The fourth-order valence-corrected chi connectivity index (χ4v) is 7.61. The molecule has 0 spiro atoms. The Balaban J connectivity index is 1.78. The first-order valence-electron chi connectivity index (χ1n) is 12.0. The summed E-state index contributed by atoms with van der Waals surface area (Å²) in [6.07, 6.45) is -0.0237. The lowest BCUT2D eigenvalue weighted by Crippen LogP contribution is -2.39. The molecule has 0 aliphatic carbocycles. The van der Waals surface area contributed by atoms with Crippen LogP contribution < -0.4 is 25.2 Å². The van der Waals surface area contributed by atoms with Crippen molar-refractivity contribution in [1.82, 2.24) is 4.72 Å². The Morgan fingerprint density at radius 1 is 0.821 bits per heavy atom. The average Bonchev–Trinajstić information content (AvgIpc) is 2.90. The second-order valence-corrected chi connectivity index (χ2v) is 12.4. The van der Waals surface area contributed by atoms with Gasteiger partial charge in [0.25, 0.3) is 0 Å². The highest BCUT2D eigenvalue weighted by molar-refractivity contribution is 7.90. The number of sulfonamides is 1. The lowest BCUT2D eigenvalue weighted by Gasteiger charge is -2.28. The molecule has 0 bridgehead atoms. The number of para-hydroxylation sites is 2. The van der Waals surface area contributed by atoms with Crippen molar-refractivity contribution in [2.24, 2.45) is 16.5 Å². The Hall–Kier alpha value is -4.11. The van der Waals surface area contributed by atoms with E-state index in [-0.39, 0.29) is 28.8 Å². The van der Waals surface area contributed by atoms with Crippen molar-refractivity contribution in [3.05, 3.63) is 120 Å². The lowest BCUT2D eigenvalue weighted by atomic mass is 10.1. The number of aliphatic imine (C=N–C) groups is 1. The van der Waals surface area contributed by atoms with Gasteiger partial charge in [0.1, 0.15) is 11.5 Å². The molecular formula is C28H29N4O5PS. The zero-order valence-corrected chi connectivity index (χ0v) is 22.9. The molecule has 0 amide bonds. The van der Waals surface area contributed by atoms with E-state index in [2.05, 4.69) is 9.71 Å². The van der Waals surface area contributed by atoms with Gasteiger partial charge in [0.05, 0.1) is 10.6 Å². The number of rotatable bonds is 11. The minimum absolute atomic E-state index is 0.0237. The maximum absolute atomic E-state index is 14.6. The highest BCUT2D eigenvalue weighted by atomic mass is 32.2. The van der Waals surface area contributed by atoms with Crippen LogP contribution in [0, 0.1) is 6.92 Å². The van der Waals surface area contributed by atoms with Gasteiger partial charge in [-0.3, -0.25) is 0 Å². The first-order valence-corrected chi connectivity index (χ1v) is 15.1. The average molecular weight is 565 g/mol. The maximum Gasteiger partial charge on any atom is 0.448 e. The number of hydrogen-bond donors (Lipinski definition) is 3. The van der Waals surface area contributed by atoms with Gasteiger partial charge in [-0.2, -0.15) is 4.72 Å². The number of benzene rings is 4. The third-order valence-electron chi connectivity index (χ3n) is 5.63. The summed E-state index contributed by atoms with van der Waals surface area (Å²) in [5.74, 6) is -0.875. The van der Waals surface area contributed by atoms with E-state index < -0.39 is 23.4 Å². The minimum atomic E-state index is -4.26. The second-order valence-electron chi connectivity index (χ2n) is 8.66. The van der Waals surface area contributed by atoms with Gasteiger partial charge in [-0.25, -0.2) is 18.0 Å². The molecule has 4 aromatic rings. The lowest BCUT2D eigenvalue weighted by molar-refractivity contribution is 0.366. The van der Waals surface area contributed by atoms with Crippen LogP contribution >= 0.6 is 7.60 Å². The van der Waals surface area contributed by atoms with Crippen LogP contribution in [0.25, 0.3) is 0 Å². The van der Waals surface area contributed by atoms with Crippen molar-refractivity contribution in [1.29, 1.82) is 0 Å². The SMILES string of the molecule is Cc1ccccc1S(=O)(=O)NC(Cc1ccc(N=C(N)N)cc1)P(=O)(Oc1ccccc1)Oc1ccccc1. The molecule has 4 aromatic carbocycles. The Kier molecular flexibility index (Phi) is 8.71. The summed E-state index contributed by atoms with van der Waals surface area (Å²) in [6, 6.07) is 30.2. The van der Waals surface area contributed by atoms with Crippen LogP contribution in [0.4, 0.5) is 5.69 Å². The van der Waals surface area contributed by atoms with Gasteiger partial charge in [0, 0.05) is 6.42 Å². The van der Waals surface area contributed by atoms with Crippen LogP contribution in [0.3, 0.4) is 0 Å². The molecule has 4 rings (SSSR count). The Morgan fingerprint density at radius 3 is 1.85 bits per heavy atom. The molecule has 0 radical (unpaired) electrons. The van der Waals surface area contributed by atoms with E-state index in [1.807, 2.05) is 0 Å². The predicted octanol–water partition coefficient (Wildman–Crippen LogP) is 5.10. The monoisotopic (exact) mass is 564 g/mol. The highest BCUT2D eigenvalue weighted by Gasteiger charge is 2.42. The first kappa shape index (κ1) is 27.9. The van der Waals surface area contributed by atoms with Crippen LogP contribution in [0.5, 0.6) is 11.5 Å². The van der Waals surface area contributed by atoms with Crippen LogP contribution in [0.1, 0.15) is 11.1 Å². The molecule has 0 aliphatic heterocycles. The molecule has 0 fully saturated rings. The number of guanidine groups is 1. The van der Waals surface area contributed by atoms with Gasteiger partial charge < -0.3 is 20.5 Å². The second kappa shape index (κ2) is 12.2. The van der Waals surface area contributed by atoms with Crippen molar-refractivity contribution in [2.75, 3.05) is 0 Å². The molecule has 39 heavy (non-hydrogen) atoms. The van der Waals surface area contributed by atoms with Crippen LogP contribution in [0.15, 0.2) is 119 Å². The summed E-state index contributed by atoms with van der Waals surface area (Å²) >= 11 is 0. The van der Waals surface area contributed by atoms with Gasteiger partial charge in [0.2, 0.25) is 10.0 Å². The molecule has 0 heterocycles. The van der Waals surface area contributed by atoms with E-state index in [4.69, 9.17) is 20.5 Å². The van der Waals surface area contributed by atoms with Crippen molar-refractivity contribution in [2.45, 2.75) is 24.0 Å². The molecular weight excluding hydrogens is 535 g/mol.